The van der Waals surface area contributed by atoms with Crippen LogP contribution in [0.2, 0.25) is 0 Å². The highest BCUT2D eigenvalue weighted by Gasteiger charge is 2.19. The molecule has 0 aliphatic carbocycles. The molecule has 4 aromatic rings. The number of thiophene rings is 1. The molecule has 0 unspecified atom stereocenters. The Labute approximate surface area is 187 Å². The number of ether oxygens (including phenoxy) is 2. The number of carbonyl (C=O) groups is 2. The molecule has 8 heteroatoms. The summed E-state index contributed by atoms with van der Waals surface area (Å²) in [7, 11) is 0. The molecule has 0 atom stereocenters. The number of amides is 1. The van der Waals surface area contributed by atoms with E-state index < -0.39 is 18.5 Å². The van der Waals surface area contributed by atoms with Crippen LogP contribution in [-0.2, 0) is 9.53 Å². The van der Waals surface area contributed by atoms with Gasteiger partial charge >= 0.3 is 5.97 Å². The topological polar surface area (TPSA) is 77.5 Å². The zero-order valence-corrected chi connectivity index (χ0v) is 18.2. The van der Waals surface area contributed by atoms with Crippen LogP contribution in [0, 0.1) is 6.92 Å². The van der Waals surface area contributed by atoms with Gasteiger partial charge in [0.15, 0.2) is 12.4 Å². The smallest absolute Gasteiger partial charge is 0.350 e. The van der Waals surface area contributed by atoms with E-state index in [0.29, 0.717) is 27.8 Å². The Balaban J connectivity index is 1.37. The van der Waals surface area contributed by atoms with Crippen molar-refractivity contribution in [2.45, 2.75) is 6.92 Å². The Hall–Kier alpha value is -3.49. The van der Waals surface area contributed by atoms with Crippen LogP contribution < -0.4 is 10.1 Å². The van der Waals surface area contributed by atoms with E-state index in [9.17, 15) is 9.59 Å². The summed E-state index contributed by atoms with van der Waals surface area (Å²) in [5.41, 5.74) is 2.03. The molecule has 0 bridgehead atoms. The van der Waals surface area contributed by atoms with Gasteiger partial charge in [-0.25, -0.2) is 9.78 Å². The molecule has 1 N–H and O–H groups in total. The van der Waals surface area contributed by atoms with Crippen molar-refractivity contribution < 1.29 is 19.1 Å². The summed E-state index contributed by atoms with van der Waals surface area (Å²) in [5, 5.41) is 7.40. The maximum Gasteiger partial charge on any atom is 0.350 e. The Kier molecular flexibility index (Phi) is 6.40. The van der Waals surface area contributed by atoms with Gasteiger partial charge in [0.05, 0.1) is 11.4 Å². The third-order valence-electron chi connectivity index (χ3n) is 4.22. The molecule has 1 amide bonds. The van der Waals surface area contributed by atoms with E-state index in [-0.39, 0.29) is 0 Å². The largest absolute Gasteiger partial charge is 0.455 e. The van der Waals surface area contributed by atoms with Gasteiger partial charge in [0.25, 0.3) is 5.91 Å². The normalized spacial score (nSPS) is 10.5. The van der Waals surface area contributed by atoms with Crippen molar-refractivity contribution in [1.82, 2.24) is 4.98 Å². The molecular formula is C23H18N2O4S2. The maximum atomic E-state index is 12.5. The molecule has 6 nitrogen and oxygen atoms in total. The minimum Gasteiger partial charge on any atom is -0.455 e. The highest BCUT2D eigenvalue weighted by molar-refractivity contribution is 7.17. The number of hydrogen-bond donors (Lipinski definition) is 1. The SMILES string of the molecule is Cc1nc(-c2ccsc2)sc1C(=O)OCC(=O)Nc1ccccc1Oc1ccccc1. The second-order valence-electron chi connectivity index (χ2n) is 6.48. The number of aromatic nitrogens is 1. The van der Waals surface area contributed by atoms with E-state index in [4.69, 9.17) is 9.47 Å². The quantitative estimate of drug-likeness (QED) is 0.362. The van der Waals surface area contributed by atoms with Gasteiger partial charge in [-0.15, -0.1) is 11.3 Å². The van der Waals surface area contributed by atoms with Crippen molar-refractivity contribution in [2.75, 3.05) is 11.9 Å². The summed E-state index contributed by atoms with van der Waals surface area (Å²) in [6.07, 6.45) is 0. The second-order valence-corrected chi connectivity index (χ2v) is 8.26. The van der Waals surface area contributed by atoms with Gasteiger partial charge in [0, 0.05) is 10.9 Å². The molecule has 0 saturated heterocycles. The van der Waals surface area contributed by atoms with Crippen LogP contribution in [0.25, 0.3) is 10.6 Å². The Bertz CT molecular complexity index is 1190. The van der Waals surface area contributed by atoms with Crippen molar-refractivity contribution in [3.8, 4) is 22.1 Å². The highest BCUT2D eigenvalue weighted by Crippen LogP contribution is 2.30. The summed E-state index contributed by atoms with van der Waals surface area (Å²) in [6.45, 7) is 1.34. The van der Waals surface area contributed by atoms with Gasteiger partial charge in [-0.2, -0.15) is 11.3 Å². The fourth-order valence-corrected chi connectivity index (χ4v) is 4.42. The summed E-state index contributed by atoms with van der Waals surface area (Å²) in [5.74, 6) is 0.114. The lowest BCUT2D eigenvalue weighted by Crippen LogP contribution is -2.21. The molecule has 31 heavy (non-hydrogen) atoms. The number of nitrogens with zero attached hydrogens (tertiary/aromatic N) is 1. The first-order valence-corrected chi connectivity index (χ1v) is 11.1. The third-order valence-corrected chi connectivity index (χ3v) is 6.09. The summed E-state index contributed by atoms with van der Waals surface area (Å²) in [4.78, 5) is 29.7. The summed E-state index contributed by atoms with van der Waals surface area (Å²) in [6, 6.07) is 18.3. The number of esters is 1. The second kappa shape index (κ2) is 9.55. The lowest BCUT2D eigenvalue weighted by Gasteiger charge is -2.12. The molecule has 0 saturated carbocycles. The van der Waals surface area contributed by atoms with Crippen molar-refractivity contribution >= 4 is 40.2 Å². The minimum absolute atomic E-state index is 0.391. The molecule has 0 radical (unpaired) electrons. The van der Waals surface area contributed by atoms with Gasteiger partial charge in [-0.1, -0.05) is 30.3 Å². The molecule has 0 fully saturated rings. The first-order valence-electron chi connectivity index (χ1n) is 9.39. The van der Waals surface area contributed by atoms with Crippen LogP contribution in [0.3, 0.4) is 0 Å². The molecule has 2 heterocycles. The number of thiazole rings is 1. The van der Waals surface area contributed by atoms with E-state index in [2.05, 4.69) is 10.3 Å². The molecule has 0 spiro atoms. The van der Waals surface area contributed by atoms with E-state index in [1.54, 1.807) is 36.5 Å². The van der Waals surface area contributed by atoms with Crippen LogP contribution in [0.4, 0.5) is 5.69 Å². The standard InChI is InChI=1S/C23H18N2O4S2/c1-15-21(31-22(24-15)16-11-12-30-14-16)23(27)28-13-20(26)25-18-9-5-6-10-19(18)29-17-7-3-2-4-8-17/h2-12,14H,13H2,1H3,(H,25,26). The number of nitrogens with one attached hydrogen (secondary N) is 1. The predicted octanol–water partition coefficient (Wildman–Crippen LogP) is 5.77. The molecule has 2 aromatic heterocycles. The van der Waals surface area contributed by atoms with Crippen LogP contribution in [0.1, 0.15) is 15.4 Å². The number of carbonyl (C=O) groups excluding carboxylic acids is 2. The first kappa shape index (κ1) is 20.8. The van der Waals surface area contributed by atoms with Crippen molar-refractivity contribution in [3.63, 3.8) is 0 Å². The molecular weight excluding hydrogens is 432 g/mol. The fraction of sp³-hybridized carbons (Fsp3) is 0.0870. The van der Waals surface area contributed by atoms with Crippen molar-refractivity contribution in [3.05, 3.63) is 82.0 Å². The van der Waals surface area contributed by atoms with Crippen LogP contribution in [0.5, 0.6) is 11.5 Å². The summed E-state index contributed by atoms with van der Waals surface area (Å²) >= 11 is 2.82. The first-order chi connectivity index (χ1) is 15.1. The molecule has 0 aliphatic heterocycles. The lowest BCUT2D eigenvalue weighted by atomic mass is 10.3. The average molecular weight is 451 g/mol. The van der Waals surface area contributed by atoms with E-state index in [1.807, 2.05) is 53.2 Å². The number of aryl methyl sites for hydroxylation is 1. The lowest BCUT2D eigenvalue weighted by molar-refractivity contribution is -0.119. The van der Waals surface area contributed by atoms with Gasteiger partial charge < -0.3 is 14.8 Å². The van der Waals surface area contributed by atoms with Gasteiger partial charge in [0.2, 0.25) is 0 Å². The number of rotatable bonds is 7. The monoisotopic (exact) mass is 450 g/mol. The van der Waals surface area contributed by atoms with Crippen LogP contribution >= 0.6 is 22.7 Å². The number of benzene rings is 2. The molecule has 156 valence electrons. The predicted molar refractivity (Wildman–Crippen MR) is 122 cm³/mol. The number of para-hydroxylation sites is 3. The third kappa shape index (κ3) is 5.17. The van der Waals surface area contributed by atoms with E-state index >= 15 is 0 Å². The van der Waals surface area contributed by atoms with Gasteiger partial charge in [-0.05, 0) is 42.6 Å². The average Bonchev–Trinajstić information content (AvgIpc) is 3.44. The Morgan fingerprint density at radius 1 is 1.03 bits per heavy atom. The Morgan fingerprint density at radius 2 is 1.81 bits per heavy atom. The molecule has 4 rings (SSSR count). The van der Waals surface area contributed by atoms with Crippen LogP contribution in [0.15, 0.2) is 71.4 Å². The minimum atomic E-state index is -0.569. The van der Waals surface area contributed by atoms with Crippen molar-refractivity contribution in [2.24, 2.45) is 0 Å². The van der Waals surface area contributed by atoms with Gasteiger partial charge in [0.1, 0.15) is 15.6 Å². The maximum absolute atomic E-state index is 12.5. The molecule has 0 aliphatic rings. The van der Waals surface area contributed by atoms with Crippen LogP contribution in [-0.4, -0.2) is 23.5 Å². The van der Waals surface area contributed by atoms with Gasteiger partial charge in [-0.3, -0.25) is 4.79 Å². The van der Waals surface area contributed by atoms with E-state index in [0.717, 1.165) is 10.6 Å². The molecule has 2 aromatic carbocycles. The summed E-state index contributed by atoms with van der Waals surface area (Å²) < 4.78 is 11.0. The zero-order valence-electron chi connectivity index (χ0n) is 16.5. The highest BCUT2D eigenvalue weighted by atomic mass is 32.1. The number of hydrogen-bond acceptors (Lipinski definition) is 7. The Morgan fingerprint density at radius 3 is 2.58 bits per heavy atom. The van der Waals surface area contributed by atoms with E-state index in [1.165, 1.54) is 11.3 Å². The van der Waals surface area contributed by atoms with Crippen molar-refractivity contribution in [1.29, 1.82) is 0 Å². The number of anilines is 1. The zero-order chi connectivity index (χ0) is 21.6. The fourth-order valence-electron chi connectivity index (χ4n) is 2.75.